The van der Waals surface area contributed by atoms with E-state index >= 15 is 0 Å². The molecule has 0 atom stereocenters. The van der Waals surface area contributed by atoms with Gasteiger partial charge in [0.15, 0.2) is 23.0 Å². The van der Waals surface area contributed by atoms with E-state index in [9.17, 15) is 4.39 Å². The molecule has 0 bridgehead atoms. The van der Waals surface area contributed by atoms with Crippen molar-refractivity contribution in [3.63, 3.8) is 0 Å². The summed E-state index contributed by atoms with van der Waals surface area (Å²) in [5, 5.41) is 5.93. The summed E-state index contributed by atoms with van der Waals surface area (Å²) in [5.74, 6) is 1.43. The lowest BCUT2D eigenvalue weighted by Gasteiger charge is -2.12. The van der Waals surface area contributed by atoms with Gasteiger partial charge in [-0.05, 0) is 24.6 Å². The summed E-state index contributed by atoms with van der Waals surface area (Å²) in [4.78, 5) is 8.34. The molecule has 0 amide bonds. The minimum absolute atomic E-state index is 0.179. The van der Waals surface area contributed by atoms with Gasteiger partial charge in [0.2, 0.25) is 0 Å². The van der Waals surface area contributed by atoms with E-state index in [4.69, 9.17) is 10.5 Å². The van der Waals surface area contributed by atoms with Crippen LogP contribution in [0.5, 0.6) is 5.75 Å². The molecular weight excluding hydrogens is 359 g/mol. The summed E-state index contributed by atoms with van der Waals surface area (Å²) in [6, 6.07) is 4.97. The van der Waals surface area contributed by atoms with Crippen LogP contribution in [0.25, 0.3) is 27.8 Å². The third-order valence-corrected chi connectivity index (χ3v) is 4.82. The molecule has 7 nitrogen and oxygen atoms in total. The van der Waals surface area contributed by atoms with Gasteiger partial charge in [-0.25, -0.2) is 19.0 Å². The molecule has 1 aliphatic rings. The van der Waals surface area contributed by atoms with Crippen molar-refractivity contribution in [1.29, 1.82) is 0 Å². The van der Waals surface area contributed by atoms with Crippen molar-refractivity contribution in [2.24, 2.45) is 7.05 Å². The number of rotatable bonds is 3. The second-order valence-electron chi connectivity index (χ2n) is 6.63. The maximum atomic E-state index is 14.6. The lowest BCUT2D eigenvalue weighted by atomic mass is 10.1. The van der Waals surface area contributed by atoms with Crippen molar-refractivity contribution in [1.82, 2.24) is 24.3 Å². The first-order valence-electron chi connectivity index (χ1n) is 8.89. The molecule has 0 saturated heterocycles. The number of allylic oxidation sites excluding steroid dienone is 4. The normalized spacial score (nSPS) is 14.0. The molecule has 5 rings (SSSR count). The van der Waals surface area contributed by atoms with Gasteiger partial charge >= 0.3 is 0 Å². The van der Waals surface area contributed by atoms with Crippen molar-refractivity contribution >= 4 is 27.8 Å². The van der Waals surface area contributed by atoms with E-state index in [0.717, 1.165) is 29.5 Å². The Labute approximate surface area is 159 Å². The van der Waals surface area contributed by atoms with E-state index in [-0.39, 0.29) is 5.75 Å². The molecule has 0 unspecified atom stereocenters. The molecule has 8 heteroatoms. The minimum Gasteiger partial charge on any atom is -0.459 e. The summed E-state index contributed by atoms with van der Waals surface area (Å²) < 4.78 is 23.9. The maximum absolute atomic E-state index is 14.6. The molecule has 0 spiro atoms. The molecule has 0 fully saturated rings. The topological polar surface area (TPSA) is 83.8 Å². The van der Waals surface area contributed by atoms with Crippen molar-refractivity contribution < 1.29 is 9.13 Å². The van der Waals surface area contributed by atoms with E-state index in [1.807, 2.05) is 29.0 Å². The van der Waals surface area contributed by atoms with Crippen LogP contribution in [0.15, 0.2) is 54.7 Å². The summed E-state index contributed by atoms with van der Waals surface area (Å²) in [5.41, 5.74) is 7.46. The Morgan fingerprint density at radius 3 is 2.96 bits per heavy atom. The van der Waals surface area contributed by atoms with Crippen LogP contribution >= 0.6 is 0 Å². The summed E-state index contributed by atoms with van der Waals surface area (Å²) >= 11 is 0. The van der Waals surface area contributed by atoms with Crippen LogP contribution in [-0.4, -0.2) is 24.3 Å². The second-order valence-corrected chi connectivity index (χ2v) is 6.63. The first-order valence-corrected chi connectivity index (χ1v) is 8.89. The standard InChI is InChI=1S/C20H17FN6O/c1-26-19-17(18(22)23-11-24-19)20(25-26)27-8-7-12-9-14(21)16(10-15(12)27)28-13-5-3-2-4-6-13/h2-3,5,7-11H,4,6H2,1H3,(H2,22,23,24). The molecule has 3 aromatic heterocycles. The van der Waals surface area contributed by atoms with Gasteiger partial charge in [0.25, 0.3) is 0 Å². The highest BCUT2D eigenvalue weighted by Gasteiger charge is 2.18. The predicted molar refractivity (Wildman–Crippen MR) is 105 cm³/mol. The number of ether oxygens (including phenoxy) is 1. The number of hydrogen-bond donors (Lipinski definition) is 1. The lowest BCUT2D eigenvalue weighted by Crippen LogP contribution is -2.01. The Morgan fingerprint density at radius 2 is 2.14 bits per heavy atom. The van der Waals surface area contributed by atoms with E-state index in [1.165, 1.54) is 12.4 Å². The molecule has 140 valence electrons. The Hall–Kier alpha value is -3.68. The molecule has 1 aliphatic carbocycles. The second kappa shape index (κ2) is 6.19. The van der Waals surface area contributed by atoms with Crippen LogP contribution in [0.2, 0.25) is 0 Å². The summed E-state index contributed by atoms with van der Waals surface area (Å²) in [6.45, 7) is 0. The third kappa shape index (κ3) is 2.53. The number of benzene rings is 1. The summed E-state index contributed by atoms with van der Waals surface area (Å²) in [7, 11) is 1.79. The first kappa shape index (κ1) is 16.5. The molecule has 3 heterocycles. The van der Waals surface area contributed by atoms with Crippen LogP contribution < -0.4 is 10.5 Å². The monoisotopic (exact) mass is 376 g/mol. The molecule has 0 radical (unpaired) electrons. The maximum Gasteiger partial charge on any atom is 0.172 e. The highest BCUT2D eigenvalue weighted by molar-refractivity contribution is 5.95. The Balaban J connectivity index is 1.68. The number of aryl methyl sites for hydroxylation is 1. The van der Waals surface area contributed by atoms with E-state index in [2.05, 4.69) is 21.1 Å². The fourth-order valence-corrected chi connectivity index (χ4v) is 3.46. The number of halogens is 1. The van der Waals surface area contributed by atoms with Gasteiger partial charge in [-0.15, -0.1) is 0 Å². The van der Waals surface area contributed by atoms with Crippen molar-refractivity contribution in [2.45, 2.75) is 12.8 Å². The minimum atomic E-state index is -0.408. The Bertz CT molecular complexity index is 1280. The zero-order valence-corrected chi connectivity index (χ0v) is 15.1. The summed E-state index contributed by atoms with van der Waals surface area (Å²) in [6.07, 6.45) is 10.7. The molecule has 4 aromatic rings. The average Bonchev–Trinajstić information content (AvgIpc) is 3.24. The van der Waals surface area contributed by atoms with Crippen LogP contribution in [-0.2, 0) is 7.05 Å². The number of fused-ring (bicyclic) bond motifs is 2. The predicted octanol–water partition coefficient (Wildman–Crippen LogP) is 3.64. The quantitative estimate of drug-likeness (QED) is 0.590. The highest BCUT2D eigenvalue weighted by Crippen LogP contribution is 2.32. The van der Waals surface area contributed by atoms with Crippen LogP contribution in [0.4, 0.5) is 10.2 Å². The first-order chi connectivity index (χ1) is 13.6. The Morgan fingerprint density at radius 1 is 1.25 bits per heavy atom. The largest absolute Gasteiger partial charge is 0.459 e. The number of nitrogens with zero attached hydrogens (tertiary/aromatic N) is 5. The number of nitrogens with two attached hydrogens (primary N) is 1. The third-order valence-electron chi connectivity index (χ3n) is 4.82. The van der Waals surface area contributed by atoms with E-state index in [0.29, 0.717) is 22.7 Å². The van der Waals surface area contributed by atoms with Gasteiger partial charge in [-0.1, -0.05) is 12.2 Å². The van der Waals surface area contributed by atoms with Gasteiger partial charge in [0.1, 0.15) is 23.3 Å². The zero-order valence-electron chi connectivity index (χ0n) is 15.1. The van der Waals surface area contributed by atoms with Gasteiger partial charge in [0.05, 0.1) is 5.52 Å². The number of anilines is 1. The van der Waals surface area contributed by atoms with Gasteiger partial charge < -0.3 is 10.5 Å². The van der Waals surface area contributed by atoms with E-state index < -0.39 is 5.82 Å². The molecule has 0 saturated carbocycles. The van der Waals surface area contributed by atoms with Crippen molar-refractivity contribution in [2.75, 3.05) is 5.73 Å². The lowest BCUT2D eigenvalue weighted by molar-refractivity contribution is 0.379. The van der Waals surface area contributed by atoms with Gasteiger partial charge in [-0.2, -0.15) is 5.10 Å². The van der Waals surface area contributed by atoms with Crippen molar-refractivity contribution in [3.8, 4) is 11.6 Å². The average molecular weight is 376 g/mol. The van der Waals surface area contributed by atoms with Gasteiger partial charge in [0, 0.05) is 31.1 Å². The smallest absolute Gasteiger partial charge is 0.172 e. The van der Waals surface area contributed by atoms with Crippen LogP contribution in [0.3, 0.4) is 0 Å². The SMILES string of the molecule is Cn1nc(-n2ccc3cc(F)c(OC4=CC=CCC4)cc32)c2c(N)ncnc21. The number of hydrogen-bond acceptors (Lipinski definition) is 5. The number of aromatic nitrogens is 5. The fourth-order valence-electron chi connectivity index (χ4n) is 3.46. The molecular formula is C20H17FN6O. The molecule has 2 N–H and O–H groups in total. The number of nitrogen functional groups attached to an aromatic ring is 1. The highest BCUT2D eigenvalue weighted by atomic mass is 19.1. The van der Waals surface area contributed by atoms with E-state index in [1.54, 1.807) is 17.8 Å². The zero-order chi connectivity index (χ0) is 19.3. The van der Waals surface area contributed by atoms with Gasteiger partial charge in [-0.3, -0.25) is 4.57 Å². The molecule has 28 heavy (non-hydrogen) atoms. The van der Waals surface area contributed by atoms with Crippen LogP contribution in [0, 0.1) is 5.82 Å². The Kier molecular flexibility index (Phi) is 3.65. The van der Waals surface area contributed by atoms with Crippen molar-refractivity contribution in [3.05, 3.63) is 60.5 Å². The van der Waals surface area contributed by atoms with Crippen LogP contribution in [0.1, 0.15) is 12.8 Å². The molecule has 0 aliphatic heterocycles. The fraction of sp³-hybridized carbons (Fsp3) is 0.150. The molecule has 1 aromatic carbocycles.